The second-order valence-electron chi connectivity index (χ2n) is 5.86. The Morgan fingerprint density at radius 1 is 1.30 bits per heavy atom. The van der Waals surface area contributed by atoms with Gasteiger partial charge in [0.1, 0.15) is 11.8 Å². The van der Waals surface area contributed by atoms with Gasteiger partial charge in [0.15, 0.2) is 0 Å². The van der Waals surface area contributed by atoms with Gasteiger partial charge in [-0.1, -0.05) is 17.3 Å². The number of benzene rings is 1. The molecule has 142 valence electrons. The lowest BCUT2D eigenvalue weighted by Gasteiger charge is -2.17. The Morgan fingerprint density at radius 2 is 2.07 bits per heavy atom. The number of rotatable bonds is 9. The van der Waals surface area contributed by atoms with Crippen LogP contribution in [0.25, 0.3) is 11.4 Å². The summed E-state index contributed by atoms with van der Waals surface area (Å²) < 4.78 is 12.5. The normalized spacial score (nSPS) is 11.9. The van der Waals surface area contributed by atoms with Crippen molar-refractivity contribution in [3.63, 3.8) is 0 Å². The molecule has 0 saturated heterocycles. The minimum absolute atomic E-state index is 0.0720. The third kappa shape index (κ3) is 4.71. The van der Waals surface area contributed by atoms with Crippen molar-refractivity contribution in [1.29, 1.82) is 0 Å². The average molecular weight is 386 g/mol. The summed E-state index contributed by atoms with van der Waals surface area (Å²) in [5.41, 5.74) is 0.742. The molecule has 1 N–H and O–H groups in total. The summed E-state index contributed by atoms with van der Waals surface area (Å²) in [6, 6.07) is 11.0. The first-order valence-corrected chi connectivity index (χ1v) is 9.97. The third-order valence-electron chi connectivity index (χ3n) is 4.12. The molecule has 0 aliphatic rings. The van der Waals surface area contributed by atoms with Crippen LogP contribution in [0, 0.1) is 0 Å². The number of ether oxygens (including phenoxy) is 1. The first-order valence-electron chi connectivity index (χ1n) is 8.58. The van der Waals surface area contributed by atoms with E-state index in [4.69, 9.17) is 9.26 Å². The van der Waals surface area contributed by atoms with Crippen LogP contribution in [0.15, 0.2) is 53.3 Å². The topological polar surface area (TPSA) is 82.2 Å². The van der Waals surface area contributed by atoms with E-state index < -0.39 is 0 Å². The molecule has 0 saturated carbocycles. The molecule has 1 amide bonds. The van der Waals surface area contributed by atoms with E-state index in [1.807, 2.05) is 59.6 Å². The van der Waals surface area contributed by atoms with Crippen LogP contribution in [-0.4, -0.2) is 39.7 Å². The SMILES string of the molecule is COc1ccccc1-c1noc(CNC(=O)C(CCSC)n2cccc2)n1. The second kappa shape index (κ2) is 9.27. The molecular weight excluding hydrogens is 364 g/mol. The molecule has 2 heterocycles. The smallest absolute Gasteiger partial charge is 0.246 e. The quantitative estimate of drug-likeness (QED) is 0.608. The van der Waals surface area contributed by atoms with E-state index in [0.717, 1.165) is 17.7 Å². The number of methoxy groups -OCH3 is 1. The Bertz CT molecular complexity index is 863. The fourth-order valence-corrected chi connectivity index (χ4v) is 3.21. The zero-order chi connectivity index (χ0) is 19.1. The van der Waals surface area contributed by atoms with Crippen molar-refractivity contribution in [3.8, 4) is 17.1 Å². The molecule has 27 heavy (non-hydrogen) atoms. The zero-order valence-electron chi connectivity index (χ0n) is 15.3. The van der Waals surface area contributed by atoms with Crippen LogP contribution < -0.4 is 10.1 Å². The number of hydrogen-bond donors (Lipinski definition) is 1. The molecule has 3 aromatic rings. The summed E-state index contributed by atoms with van der Waals surface area (Å²) in [7, 11) is 1.59. The van der Waals surface area contributed by atoms with Gasteiger partial charge in [-0.25, -0.2) is 0 Å². The number of thioether (sulfide) groups is 1. The average Bonchev–Trinajstić information content (AvgIpc) is 3.39. The van der Waals surface area contributed by atoms with Crippen LogP contribution in [-0.2, 0) is 11.3 Å². The highest BCUT2D eigenvalue weighted by atomic mass is 32.2. The van der Waals surface area contributed by atoms with Crippen molar-refractivity contribution in [2.45, 2.75) is 19.0 Å². The van der Waals surface area contributed by atoms with Gasteiger partial charge in [-0.3, -0.25) is 4.79 Å². The molecule has 3 rings (SSSR count). The van der Waals surface area contributed by atoms with Crippen LogP contribution in [0.5, 0.6) is 5.75 Å². The largest absolute Gasteiger partial charge is 0.496 e. The summed E-state index contributed by atoms with van der Waals surface area (Å²) in [4.78, 5) is 17.0. The van der Waals surface area contributed by atoms with Crippen LogP contribution in [0.2, 0.25) is 0 Å². The Hall–Kier alpha value is -2.74. The van der Waals surface area contributed by atoms with Crippen molar-refractivity contribution >= 4 is 17.7 Å². The van der Waals surface area contributed by atoms with Crippen molar-refractivity contribution in [2.75, 3.05) is 19.1 Å². The molecule has 1 aromatic carbocycles. The van der Waals surface area contributed by atoms with Gasteiger partial charge in [0, 0.05) is 12.4 Å². The fraction of sp³-hybridized carbons (Fsp3) is 0.316. The maximum Gasteiger partial charge on any atom is 0.246 e. The number of aromatic nitrogens is 3. The predicted octanol–water partition coefficient (Wildman–Crippen LogP) is 3.16. The van der Waals surface area contributed by atoms with E-state index in [1.54, 1.807) is 18.9 Å². The number of carbonyl (C=O) groups excluding carboxylic acids is 1. The number of hydrogen-bond acceptors (Lipinski definition) is 6. The van der Waals surface area contributed by atoms with Gasteiger partial charge in [0.25, 0.3) is 0 Å². The molecule has 0 aliphatic heterocycles. The van der Waals surface area contributed by atoms with Crippen LogP contribution in [0.1, 0.15) is 18.4 Å². The molecular formula is C19H22N4O3S. The molecule has 7 nitrogen and oxygen atoms in total. The molecule has 0 fully saturated rings. The lowest BCUT2D eigenvalue weighted by Crippen LogP contribution is -2.32. The summed E-state index contributed by atoms with van der Waals surface area (Å²) >= 11 is 1.72. The van der Waals surface area contributed by atoms with E-state index in [9.17, 15) is 4.79 Å². The van der Waals surface area contributed by atoms with Crippen LogP contribution in [0.3, 0.4) is 0 Å². The summed E-state index contributed by atoms with van der Waals surface area (Å²) in [6.07, 6.45) is 6.58. The van der Waals surface area contributed by atoms with E-state index in [1.165, 1.54) is 0 Å². The number of nitrogens with one attached hydrogen (secondary N) is 1. The molecule has 0 spiro atoms. The van der Waals surface area contributed by atoms with E-state index >= 15 is 0 Å². The van der Waals surface area contributed by atoms with Gasteiger partial charge in [0.05, 0.1) is 19.2 Å². The zero-order valence-corrected chi connectivity index (χ0v) is 16.1. The van der Waals surface area contributed by atoms with Crippen molar-refractivity contribution < 1.29 is 14.1 Å². The fourth-order valence-electron chi connectivity index (χ4n) is 2.75. The van der Waals surface area contributed by atoms with Gasteiger partial charge >= 0.3 is 0 Å². The van der Waals surface area contributed by atoms with Crippen molar-refractivity contribution in [3.05, 3.63) is 54.7 Å². The Balaban J connectivity index is 1.66. The summed E-state index contributed by atoms with van der Waals surface area (Å²) in [5, 5.41) is 6.88. The lowest BCUT2D eigenvalue weighted by molar-refractivity contribution is -0.124. The molecule has 2 aromatic heterocycles. The second-order valence-corrected chi connectivity index (χ2v) is 6.84. The van der Waals surface area contributed by atoms with Crippen molar-refractivity contribution in [2.24, 2.45) is 0 Å². The Morgan fingerprint density at radius 3 is 2.81 bits per heavy atom. The highest BCUT2D eigenvalue weighted by Crippen LogP contribution is 2.27. The molecule has 0 aliphatic carbocycles. The highest BCUT2D eigenvalue weighted by Gasteiger charge is 2.20. The van der Waals surface area contributed by atoms with E-state index in [2.05, 4.69) is 15.5 Å². The molecule has 1 unspecified atom stereocenters. The number of para-hydroxylation sites is 1. The van der Waals surface area contributed by atoms with Gasteiger partial charge in [0.2, 0.25) is 17.6 Å². The number of amides is 1. The molecule has 1 atom stereocenters. The summed E-state index contributed by atoms with van der Waals surface area (Å²) in [5.74, 6) is 2.27. The van der Waals surface area contributed by atoms with Gasteiger partial charge in [-0.15, -0.1) is 0 Å². The highest BCUT2D eigenvalue weighted by molar-refractivity contribution is 7.98. The number of nitrogens with zero attached hydrogens (tertiary/aromatic N) is 3. The van der Waals surface area contributed by atoms with Gasteiger partial charge in [-0.2, -0.15) is 16.7 Å². The first kappa shape index (κ1) is 19.0. The summed E-state index contributed by atoms with van der Waals surface area (Å²) in [6.45, 7) is 0.179. The van der Waals surface area contributed by atoms with Gasteiger partial charge in [-0.05, 0) is 42.7 Å². The standard InChI is InChI=1S/C19H22N4O3S/c1-25-16-8-4-3-7-14(16)18-21-17(26-22-18)13-20-19(24)15(9-12-27-2)23-10-5-6-11-23/h3-8,10-11,15H,9,12-13H2,1-2H3,(H,20,24). The minimum Gasteiger partial charge on any atom is -0.496 e. The van der Waals surface area contributed by atoms with Crippen LogP contribution >= 0.6 is 11.8 Å². The van der Waals surface area contributed by atoms with Crippen molar-refractivity contribution in [1.82, 2.24) is 20.0 Å². The minimum atomic E-state index is -0.260. The maximum atomic E-state index is 12.6. The number of carbonyl (C=O) groups is 1. The lowest BCUT2D eigenvalue weighted by atomic mass is 10.2. The van der Waals surface area contributed by atoms with Gasteiger partial charge < -0.3 is 19.1 Å². The molecule has 0 bridgehead atoms. The van der Waals surface area contributed by atoms with E-state index in [-0.39, 0.29) is 18.5 Å². The van der Waals surface area contributed by atoms with Crippen LogP contribution in [0.4, 0.5) is 0 Å². The van der Waals surface area contributed by atoms with E-state index in [0.29, 0.717) is 17.5 Å². The molecule has 8 heteroatoms. The Labute approximate surface area is 162 Å². The third-order valence-corrected chi connectivity index (χ3v) is 4.76. The monoisotopic (exact) mass is 386 g/mol. The first-order chi connectivity index (χ1) is 13.2. The Kier molecular flexibility index (Phi) is 6.54. The maximum absolute atomic E-state index is 12.6. The predicted molar refractivity (Wildman–Crippen MR) is 105 cm³/mol. The molecule has 0 radical (unpaired) electrons.